The van der Waals surface area contributed by atoms with Crippen LogP contribution in [0.15, 0.2) is 36.9 Å². The van der Waals surface area contributed by atoms with Crippen LogP contribution in [0.3, 0.4) is 0 Å². The van der Waals surface area contributed by atoms with E-state index >= 15 is 0 Å². The fourth-order valence-corrected chi connectivity index (χ4v) is 5.25. The van der Waals surface area contributed by atoms with E-state index < -0.39 is 5.60 Å². The van der Waals surface area contributed by atoms with Gasteiger partial charge in [0.1, 0.15) is 0 Å². The summed E-state index contributed by atoms with van der Waals surface area (Å²) in [6.07, 6.45) is 4.96. The van der Waals surface area contributed by atoms with Gasteiger partial charge in [0.05, 0.1) is 10.5 Å². The molecule has 0 fully saturated rings. The van der Waals surface area contributed by atoms with E-state index in [1.165, 1.54) is 32.9 Å². The van der Waals surface area contributed by atoms with Crippen molar-refractivity contribution < 1.29 is 9.90 Å². The van der Waals surface area contributed by atoms with E-state index in [0.29, 0.717) is 11.3 Å². The Morgan fingerprint density at radius 2 is 1.86 bits per heavy atom. The molecule has 1 unspecified atom stereocenters. The minimum atomic E-state index is -0.846. The van der Waals surface area contributed by atoms with E-state index in [-0.39, 0.29) is 11.3 Å². The maximum absolute atomic E-state index is 11.8. The number of rotatable bonds is 9. The summed E-state index contributed by atoms with van der Waals surface area (Å²) in [6.45, 7) is 14.0. The van der Waals surface area contributed by atoms with Crippen LogP contribution in [0.2, 0.25) is 0 Å². The van der Waals surface area contributed by atoms with Gasteiger partial charge in [-0.15, -0.1) is 17.9 Å². The number of hydrogen-bond acceptors (Lipinski definition) is 3. The molecule has 0 bridgehead atoms. The highest BCUT2D eigenvalue weighted by Gasteiger charge is 2.33. The second-order valence-electron chi connectivity index (χ2n) is 7.98. The van der Waals surface area contributed by atoms with E-state index in [4.69, 9.17) is 5.73 Å². The number of benzene rings is 1. The van der Waals surface area contributed by atoms with Gasteiger partial charge < -0.3 is 10.8 Å². The first kappa shape index (κ1) is 22.4. The first-order chi connectivity index (χ1) is 13.1. The molecule has 2 rings (SSSR count). The monoisotopic (exact) mass is 399 g/mol. The van der Waals surface area contributed by atoms with E-state index in [2.05, 4.69) is 51.6 Å². The molecule has 0 aliphatic heterocycles. The third kappa shape index (κ3) is 4.39. The highest BCUT2D eigenvalue weighted by molar-refractivity contribution is 7.14. The third-order valence-electron chi connectivity index (χ3n) is 6.06. The maximum atomic E-state index is 11.8. The number of nitrogens with two attached hydrogens (primary N) is 1. The molecular weight excluding hydrogens is 366 g/mol. The van der Waals surface area contributed by atoms with Crippen molar-refractivity contribution in [3.63, 3.8) is 0 Å². The lowest BCUT2D eigenvalue weighted by molar-refractivity contribution is 0.100. The Kier molecular flexibility index (Phi) is 6.89. The molecule has 3 nitrogen and oxygen atoms in total. The zero-order chi connectivity index (χ0) is 21.1. The SMILES string of the molecule is C=CC(C)(O)CCc1ccc(C(CC)(CC)c2cc(C)c(C(N)=O)s2)cc1C. The third-order valence-corrected chi connectivity index (χ3v) is 7.51. The van der Waals surface area contributed by atoms with E-state index in [9.17, 15) is 9.90 Å². The van der Waals surface area contributed by atoms with E-state index in [1.807, 2.05) is 6.92 Å². The minimum Gasteiger partial charge on any atom is -0.386 e. The summed E-state index contributed by atoms with van der Waals surface area (Å²) >= 11 is 1.53. The molecule has 2 aromatic rings. The summed E-state index contributed by atoms with van der Waals surface area (Å²) in [7, 11) is 0. The summed E-state index contributed by atoms with van der Waals surface area (Å²) in [5, 5.41) is 10.2. The van der Waals surface area contributed by atoms with Gasteiger partial charge in [-0.25, -0.2) is 0 Å². The molecular formula is C24H33NO2S. The van der Waals surface area contributed by atoms with Crippen molar-refractivity contribution in [1.29, 1.82) is 0 Å². The van der Waals surface area contributed by atoms with Crippen molar-refractivity contribution in [2.45, 2.75) is 71.3 Å². The van der Waals surface area contributed by atoms with Crippen molar-refractivity contribution in [2.75, 3.05) is 0 Å². The lowest BCUT2D eigenvalue weighted by Gasteiger charge is -2.32. The average Bonchev–Trinajstić information content (AvgIpc) is 3.05. The summed E-state index contributed by atoms with van der Waals surface area (Å²) in [5.41, 5.74) is 9.29. The van der Waals surface area contributed by atoms with Crippen LogP contribution in [-0.4, -0.2) is 16.6 Å². The van der Waals surface area contributed by atoms with E-state index in [0.717, 1.165) is 24.8 Å². The van der Waals surface area contributed by atoms with Crippen molar-refractivity contribution >= 4 is 17.2 Å². The molecule has 28 heavy (non-hydrogen) atoms. The quantitative estimate of drug-likeness (QED) is 0.552. The molecule has 152 valence electrons. The molecule has 0 radical (unpaired) electrons. The molecule has 3 N–H and O–H groups in total. The first-order valence-corrected chi connectivity index (χ1v) is 10.8. The number of carbonyl (C=O) groups is 1. The molecule has 0 aliphatic carbocycles. The minimum absolute atomic E-state index is 0.126. The summed E-state index contributed by atoms with van der Waals surface area (Å²) in [5.74, 6) is -0.351. The highest BCUT2D eigenvalue weighted by atomic mass is 32.1. The number of carbonyl (C=O) groups excluding carboxylic acids is 1. The molecule has 1 aromatic carbocycles. The molecule has 0 spiro atoms. The van der Waals surface area contributed by atoms with Gasteiger partial charge in [0.25, 0.3) is 5.91 Å². The lowest BCUT2D eigenvalue weighted by Crippen LogP contribution is -2.25. The predicted octanol–water partition coefficient (Wildman–Crippen LogP) is 5.44. The van der Waals surface area contributed by atoms with Crippen LogP contribution in [0.4, 0.5) is 0 Å². The topological polar surface area (TPSA) is 63.3 Å². The second kappa shape index (κ2) is 8.62. The lowest BCUT2D eigenvalue weighted by atomic mass is 9.73. The Bertz CT molecular complexity index is 859. The zero-order valence-electron chi connectivity index (χ0n) is 17.8. The molecule has 0 saturated heterocycles. The van der Waals surface area contributed by atoms with E-state index in [1.54, 1.807) is 13.0 Å². The molecule has 0 aliphatic rings. The highest BCUT2D eigenvalue weighted by Crippen LogP contribution is 2.43. The number of thiophene rings is 1. The van der Waals surface area contributed by atoms with Crippen LogP contribution in [-0.2, 0) is 11.8 Å². The van der Waals surface area contributed by atoms with Gasteiger partial charge in [0, 0.05) is 10.3 Å². The number of hydrogen-bond donors (Lipinski definition) is 2. The van der Waals surface area contributed by atoms with Gasteiger partial charge in [-0.05, 0) is 74.8 Å². The predicted molar refractivity (Wildman–Crippen MR) is 119 cm³/mol. The van der Waals surface area contributed by atoms with Gasteiger partial charge in [-0.1, -0.05) is 38.1 Å². The van der Waals surface area contributed by atoms with Gasteiger partial charge in [-0.3, -0.25) is 4.79 Å². The summed E-state index contributed by atoms with van der Waals surface area (Å²) in [6, 6.07) is 8.78. The first-order valence-electron chi connectivity index (χ1n) is 9.97. The number of amides is 1. The molecule has 1 heterocycles. The van der Waals surface area contributed by atoms with Crippen LogP contribution in [0, 0.1) is 13.8 Å². The van der Waals surface area contributed by atoms with Crippen LogP contribution in [0.1, 0.15) is 76.8 Å². The Hall–Kier alpha value is -1.91. The molecule has 1 amide bonds. The molecule has 1 aromatic heterocycles. The largest absolute Gasteiger partial charge is 0.386 e. The maximum Gasteiger partial charge on any atom is 0.259 e. The average molecular weight is 400 g/mol. The summed E-state index contributed by atoms with van der Waals surface area (Å²) in [4.78, 5) is 13.6. The second-order valence-corrected chi connectivity index (χ2v) is 9.03. The zero-order valence-corrected chi connectivity index (χ0v) is 18.6. The van der Waals surface area contributed by atoms with Gasteiger partial charge in [-0.2, -0.15) is 0 Å². The van der Waals surface area contributed by atoms with Crippen molar-refractivity contribution in [1.82, 2.24) is 0 Å². The molecule has 0 saturated carbocycles. The van der Waals surface area contributed by atoms with Crippen molar-refractivity contribution in [2.24, 2.45) is 5.73 Å². The fourth-order valence-electron chi connectivity index (χ4n) is 3.88. The van der Waals surface area contributed by atoms with Crippen molar-refractivity contribution in [3.05, 3.63) is 68.9 Å². The Labute approximate surface area is 173 Å². The van der Waals surface area contributed by atoms with Gasteiger partial charge >= 0.3 is 0 Å². The number of primary amides is 1. The Morgan fingerprint density at radius 3 is 2.32 bits per heavy atom. The standard InChI is InChI=1S/C24H33NO2S/c1-7-23(6,27)13-12-18-10-11-19(14-16(18)4)24(8-2,9-3)20-15-17(5)21(28-20)22(25)26/h7,10-11,14-15,27H,1,8-9,12-13H2,2-6H3,(H2,25,26). The van der Waals surface area contributed by atoms with Crippen molar-refractivity contribution in [3.8, 4) is 0 Å². The van der Waals surface area contributed by atoms with Crippen LogP contribution < -0.4 is 5.73 Å². The normalized spacial score (nSPS) is 13.9. The van der Waals surface area contributed by atoms with Crippen LogP contribution in [0.5, 0.6) is 0 Å². The van der Waals surface area contributed by atoms with Crippen LogP contribution >= 0.6 is 11.3 Å². The smallest absolute Gasteiger partial charge is 0.259 e. The number of aryl methyl sites for hydroxylation is 3. The molecule has 1 atom stereocenters. The summed E-state index contributed by atoms with van der Waals surface area (Å²) < 4.78 is 0. The number of aliphatic hydroxyl groups is 1. The molecule has 4 heteroatoms. The van der Waals surface area contributed by atoms with Gasteiger partial charge in [0.2, 0.25) is 0 Å². The van der Waals surface area contributed by atoms with Crippen LogP contribution in [0.25, 0.3) is 0 Å². The van der Waals surface area contributed by atoms with Gasteiger partial charge in [0.15, 0.2) is 0 Å². The fraction of sp³-hybridized carbons (Fsp3) is 0.458. The Morgan fingerprint density at radius 1 is 1.21 bits per heavy atom. The Balaban J connectivity index is 2.44.